The minimum atomic E-state index is -3.53. The third-order valence-electron chi connectivity index (χ3n) is 1.82. The quantitative estimate of drug-likeness (QED) is 0.802. The lowest BCUT2D eigenvalue weighted by molar-refractivity contribution is 0.364. The predicted octanol–water partition coefficient (Wildman–Crippen LogP) is 0.663. The van der Waals surface area contributed by atoms with Gasteiger partial charge in [-0.1, -0.05) is 6.07 Å². The van der Waals surface area contributed by atoms with Gasteiger partial charge in [0.2, 0.25) is 0 Å². The van der Waals surface area contributed by atoms with Crippen molar-refractivity contribution in [3.05, 3.63) is 28.2 Å². The fourth-order valence-corrected chi connectivity index (χ4v) is 3.39. The summed E-state index contributed by atoms with van der Waals surface area (Å²) in [6.07, 6.45) is 0. The molecule has 0 aliphatic carbocycles. The Morgan fingerprint density at radius 2 is 2.06 bits per heavy atom. The normalized spacial score (nSPS) is 12.1. The van der Waals surface area contributed by atoms with Crippen LogP contribution in [0, 0.1) is 0 Å². The van der Waals surface area contributed by atoms with E-state index in [1.165, 1.54) is 11.1 Å². The first-order valence-corrected chi connectivity index (χ1v) is 6.82. The fourth-order valence-electron chi connectivity index (χ4n) is 1.18. The zero-order valence-corrected chi connectivity index (χ0v) is 11.5. The van der Waals surface area contributed by atoms with Gasteiger partial charge in [0.25, 0.3) is 10.0 Å². The number of hydrazine groups is 1. The van der Waals surface area contributed by atoms with Crippen molar-refractivity contribution in [3.63, 3.8) is 0 Å². The van der Waals surface area contributed by atoms with Crippen molar-refractivity contribution >= 4 is 26.0 Å². The van der Waals surface area contributed by atoms with Crippen LogP contribution in [0.2, 0.25) is 0 Å². The Bertz CT molecular complexity index is 474. The second kappa shape index (κ2) is 5.24. The van der Waals surface area contributed by atoms with Gasteiger partial charge in [-0.25, -0.2) is 13.4 Å². The molecule has 1 rings (SSSR count). The number of sulfonamides is 1. The maximum absolute atomic E-state index is 11.8. The number of hydrogen-bond acceptors (Lipinski definition) is 4. The highest BCUT2D eigenvalue weighted by molar-refractivity contribution is 9.10. The monoisotopic (exact) mass is 307 g/mol. The summed E-state index contributed by atoms with van der Waals surface area (Å²) >= 11 is 3.22. The molecule has 5 nitrogen and oxygen atoms in total. The van der Waals surface area contributed by atoms with Gasteiger partial charge in [0.1, 0.15) is 0 Å². The molecule has 0 saturated heterocycles. The third kappa shape index (κ3) is 3.26. The van der Waals surface area contributed by atoms with E-state index in [1.54, 1.807) is 26.2 Å². The Kier molecular flexibility index (Phi) is 4.45. The molecule has 3 N–H and O–H groups in total. The summed E-state index contributed by atoms with van der Waals surface area (Å²) < 4.78 is 24.2. The van der Waals surface area contributed by atoms with Crippen LogP contribution >= 0.6 is 15.9 Å². The molecule has 16 heavy (non-hydrogen) atoms. The first-order chi connectivity index (χ1) is 7.36. The number of nitrogens with one attached hydrogen (secondary N) is 1. The molecule has 0 aliphatic rings. The van der Waals surface area contributed by atoms with E-state index in [1.807, 2.05) is 0 Å². The Labute approximate surface area is 104 Å². The summed E-state index contributed by atoms with van der Waals surface area (Å²) in [6, 6.07) is 4.91. The van der Waals surface area contributed by atoms with Crippen molar-refractivity contribution in [2.24, 2.45) is 5.73 Å². The van der Waals surface area contributed by atoms with Gasteiger partial charge in [0.05, 0.1) is 4.90 Å². The lowest BCUT2D eigenvalue weighted by atomic mass is 10.2. The molecular weight excluding hydrogens is 294 g/mol. The van der Waals surface area contributed by atoms with E-state index in [9.17, 15) is 8.42 Å². The molecule has 90 valence electrons. The molecule has 0 heterocycles. The topological polar surface area (TPSA) is 75.4 Å². The van der Waals surface area contributed by atoms with Crippen molar-refractivity contribution in [2.45, 2.75) is 11.4 Å². The summed E-state index contributed by atoms with van der Waals surface area (Å²) in [5.74, 6) is 0. The molecule has 1 aromatic rings. The van der Waals surface area contributed by atoms with Crippen molar-refractivity contribution < 1.29 is 8.42 Å². The molecule has 0 saturated carbocycles. The smallest absolute Gasteiger partial charge is 0.254 e. The molecule has 1 aromatic carbocycles. The number of rotatable bonds is 4. The maximum Gasteiger partial charge on any atom is 0.254 e. The van der Waals surface area contributed by atoms with E-state index in [-0.39, 0.29) is 4.90 Å². The van der Waals surface area contributed by atoms with Gasteiger partial charge in [-0.05, 0) is 33.6 Å². The minimum absolute atomic E-state index is 0.193. The van der Waals surface area contributed by atoms with Crippen molar-refractivity contribution in [1.82, 2.24) is 9.84 Å². The third-order valence-corrected chi connectivity index (χ3v) is 4.28. The summed E-state index contributed by atoms with van der Waals surface area (Å²) in [5.41, 5.74) is 6.34. The van der Waals surface area contributed by atoms with Crippen molar-refractivity contribution in [3.8, 4) is 0 Å². The van der Waals surface area contributed by atoms with Gasteiger partial charge >= 0.3 is 0 Å². The highest BCUT2D eigenvalue weighted by atomic mass is 79.9. The maximum atomic E-state index is 11.8. The number of nitrogens with two attached hydrogens (primary N) is 1. The van der Waals surface area contributed by atoms with Gasteiger partial charge in [0.15, 0.2) is 0 Å². The highest BCUT2D eigenvalue weighted by Gasteiger charge is 2.18. The Balaban J connectivity index is 3.14. The zero-order chi connectivity index (χ0) is 12.3. The second-order valence-corrected chi connectivity index (χ2v) is 5.94. The first kappa shape index (κ1) is 13.6. The molecule has 0 unspecified atom stereocenters. The fraction of sp³-hybridized carbons (Fsp3) is 0.333. The van der Waals surface area contributed by atoms with Crippen LogP contribution in [0.3, 0.4) is 0 Å². The zero-order valence-electron chi connectivity index (χ0n) is 9.07. The molecule has 0 spiro atoms. The molecular formula is C9H14BrN3O2S. The Morgan fingerprint density at radius 1 is 1.44 bits per heavy atom. The lowest BCUT2D eigenvalue weighted by Gasteiger charge is -2.13. The number of benzene rings is 1. The Hall–Kier alpha value is -0.470. The van der Waals surface area contributed by atoms with Crippen LogP contribution in [0.5, 0.6) is 0 Å². The number of halogens is 1. The molecule has 0 aromatic heterocycles. The van der Waals surface area contributed by atoms with E-state index in [2.05, 4.69) is 20.8 Å². The van der Waals surface area contributed by atoms with Crippen LogP contribution in [-0.2, 0) is 16.6 Å². The number of nitrogens with zero attached hydrogens (tertiary/aromatic N) is 1. The Morgan fingerprint density at radius 3 is 2.50 bits per heavy atom. The van der Waals surface area contributed by atoms with Crippen LogP contribution in [0.1, 0.15) is 5.56 Å². The SMILES string of the molecule is CN(C)NS(=O)(=O)c1ccc(CN)cc1Br. The van der Waals surface area contributed by atoms with Gasteiger partial charge in [-0.2, -0.15) is 0 Å². The lowest BCUT2D eigenvalue weighted by Crippen LogP contribution is -2.36. The van der Waals surface area contributed by atoms with Gasteiger partial charge in [-0.3, -0.25) is 0 Å². The van der Waals surface area contributed by atoms with E-state index in [0.717, 1.165) is 5.56 Å². The van der Waals surface area contributed by atoms with E-state index < -0.39 is 10.0 Å². The van der Waals surface area contributed by atoms with E-state index in [0.29, 0.717) is 11.0 Å². The average molecular weight is 308 g/mol. The van der Waals surface area contributed by atoms with Crippen molar-refractivity contribution in [1.29, 1.82) is 0 Å². The summed E-state index contributed by atoms with van der Waals surface area (Å²) in [7, 11) is -0.305. The predicted molar refractivity (Wildman–Crippen MR) is 66.0 cm³/mol. The molecule has 7 heteroatoms. The highest BCUT2D eigenvalue weighted by Crippen LogP contribution is 2.22. The van der Waals surface area contributed by atoms with Gasteiger partial charge in [0, 0.05) is 25.1 Å². The van der Waals surface area contributed by atoms with Crippen LogP contribution in [0.25, 0.3) is 0 Å². The molecule has 0 aliphatic heterocycles. The molecule has 0 radical (unpaired) electrons. The summed E-state index contributed by atoms with van der Waals surface area (Å²) in [5, 5.41) is 1.37. The molecule has 0 bridgehead atoms. The van der Waals surface area contributed by atoms with E-state index >= 15 is 0 Å². The molecule has 0 fully saturated rings. The minimum Gasteiger partial charge on any atom is -0.326 e. The second-order valence-electron chi connectivity index (χ2n) is 3.46. The molecule has 0 atom stereocenters. The first-order valence-electron chi connectivity index (χ1n) is 4.55. The standard InChI is InChI=1S/C9H14BrN3O2S/c1-13(2)12-16(14,15)9-4-3-7(6-11)5-8(9)10/h3-5,12H,6,11H2,1-2H3. The van der Waals surface area contributed by atoms with Gasteiger partial charge in [-0.15, -0.1) is 4.83 Å². The average Bonchev–Trinajstić information content (AvgIpc) is 2.14. The summed E-state index contributed by atoms with van der Waals surface area (Å²) in [4.78, 5) is 2.55. The van der Waals surface area contributed by atoms with Crippen LogP contribution in [0.4, 0.5) is 0 Å². The molecule has 0 amide bonds. The largest absolute Gasteiger partial charge is 0.326 e. The number of hydrogen-bond donors (Lipinski definition) is 2. The summed E-state index contributed by atoms with van der Waals surface area (Å²) in [6.45, 7) is 0.375. The van der Waals surface area contributed by atoms with Crippen LogP contribution in [-0.4, -0.2) is 27.5 Å². The van der Waals surface area contributed by atoms with Crippen LogP contribution < -0.4 is 10.6 Å². The van der Waals surface area contributed by atoms with Crippen LogP contribution in [0.15, 0.2) is 27.6 Å². The van der Waals surface area contributed by atoms with Gasteiger partial charge < -0.3 is 5.73 Å². The van der Waals surface area contributed by atoms with E-state index in [4.69, 9.17) is 5.73 Å². The van der Waals surface area contributed by atoms with Crippen molar-refractivity contribution in [2.75, 3.05) is 14.1 Å².